The van der Waals surface area contributed by atoms with Gasteiger partial charge in [0.2, 0.25) is 5.91 Å². The molecule has 0 saturated carbocycles. The van der Waals surface area contributed by atoms with Crippen LogP contribution in [0.2, 0.25) is 0 Å². The highest BCUT2D eigenvalue weighted by molar-refractivity contribution is 7.20. The Balaban J connectivity index is 1.57. The minimum atomic E-state index is -0.561. The molecule has 1 aliphatic rings. The van der Waals surface area contributed by atoms with Crippen LogP contribution in [-0.4, -0.2) is 50.8 Å². The number of H-pyrrole nitrogens is 1. The fourth-order valence-corrected chi connectivity index (χ4v) is 4.41. The summed E-state index contributed by atoms with van der Waals surface area (Å²) in [6.07, 6.45) is 3.64. The number of nitrogens with one attached hydrogen (secondary N) is 2. The lowest BCUT2D eigenvalue weighted by molar-refractivity contribution is -0.127. The van der Waals surface area contributed by atoms with Crippen LogP contribution >= 0.6 is 22.7 Å². The van der Waals surface area contributed by atoms with Crippen LogP contribution in [0.1, 0.15) is 16.2 Å². The van der Waals surface area contributed by atoms with Crippen LogP contribution < -0.4 is 5.32 Å². The molecule has 1 saturated heterocycles. The van der Waals surface area contributed by atoms with Gasteiger partial charge < -0.3 is 15.2 Å². The van der Waals surface area contributed by atoms with Gasteiger partial charge in [0, 0.05) is 36.8 Å². The molecule has 1 atom stereocenters. The summed E-state index contributed by atoms with van der Waals surface area (Å²) in [5, 5.41) is 7.39. The zero-order valence-electron chi connectivity index (χ0n) is 13.1. The van der Waals surface area contributed by atoms with Gasteiger partial charge in [0.25, 0.3) is 5.91 Å². The van der Waals surface area contributed by atoms with E-state index in [0.29, 0.717) is 25.2 Å². The molecular weight excluding hydrogens is 358 g/mol. The van der Waals surface area contributed by atoms with Gasteiger partial charge in [0.15, 0.2) is 0 Å². The lowest BCUT2D eigenvalue weighted by Crippen LogP contribution is -2.58. The highest BCUT2D eigenvalue weighted by atomic mass is 32.1. The van der Waals surface area contributed by atoms with Crippen molar-refractivity contribution >= 4 is 34.5 Å². The SMILES string of the molecule is O=C1NCCN(C(=O)c2csc(-c3cccs3)n2)C1Cc1cnc[nH]1. The molecule has 0 spiro atoms. The smallest absolute Gasteiger partial charge is 0.274 e. The molecule has 128 valence electrons. The topological polar surface area (TPSA) is 91.0 Å². The second kappa shape index (κ2) is 6.77. The number of carbonyl (C=O) groups is 2. The van der Waals surface area contributed by atoms with Crippen molar-refractivity contribution in [2.75, 3.05) is 13.1 Å². The summed E-state index contributed by atoms with van der Waals surface area (Å²) in [6, 6.07) is 3.37. The average molecular weight is 373 g/mol. The maximum atomic E-state index is 12.9. The van der Waals surface area contributed by atoms with E-state index in [-0.39, 0.29) is 11.8 Å². The van der Waals surface area contributed by atoms with Gasteiger partial charge in [-0.05, 0) is 11.4 Å². The van der Waals surface area contributed by atoms with Crippen LogP contribution in [-0.2, 0) is 11.2 Å². The molecule has 3 aromatic heterocycles. The van der Waals surface area contributed by atoms with Crippen molar-refractivity contribution in [2.45, 2.75) is 12.5 Å². The van der Waals surface area contributed by atoms with Gasteiger partial charge >= 0.3 is 0 Å². The van der Waals surface area contributed by atoms with Crippen molar-refractivity contribution in [3.8, 4) is 9.88 Å². The number of aromatic amines is 1. The molecule has 2 amide bonds. The van der Waals surface area contributed by atoms with Crippen LogP contribution in [0.15, 0.2) is 35.4 Å². The number of rotatable bonds is 4. The van der Waals surface area contributed by atoms with Gasteiger partial charge in [-0.25, -0.2) is 9.97 Å². The maximum Gasteiger partial charge on any atom is 0.274 e. The molecule has 25 heavy (non-hydrogen) atoms. The van der Waals surface area contributed by atoms with E-state index in [1.165, 1.54) is 11.3 Å². The normalized spacial score (nSPS) is 17.5. The average Bonchev–Trinajstić information content (AvgIpc) is 3.37. The minimum absolute atomic E-state index is 0.150. The van der Waals surface area contributed by atoms with E-state index in [0.717, 1.165) is 15.6 Å². The summed E-state index contributed by atoms with van der Waals surface area (Å²) < 4.78 is 0. The number of amides is 2. The van der Waals surface area contributed by atoms with Gasteiger partial charge in [-0.2, -0.15) is 0 Å². The lowest BCUT2D eigenvalue weighted by atomic mass is 10.1. The first-order chi connectivity index (χ1) is 12.2. The molecule has 1 unspecified atom stereocenters. The maximum absolute atomic E-state index is 12.9. The monoisotopic (exact) mass is 373 g/mol. The van der Waals surface area contributed by atoms with E-state index in [2.05, 4.69) is 20.3 Å². The Morgan fingerprint density at radius 1 is 1.40 bits per heavy atom. The first-order valence-electron chi connectivity index (χ1n) is 7.77. The number of imidazole rings is 1. The van der Waals surface area contributed by atoms with Crippen LogP contribution in [0.25, 0.3) is 9.88 Å². The third-order valence-electron chi connectivity index (χ3n) is 4.02. The molecule has 0 bridgehead atoms. The molecule has 4 rings (SSSR count). The molecule has 7 nitrogen and oxygen atoms in total. The lowest BCUT2D eigenvalue weighted by Gasteiger charge is -2.34. The molecule has 4 heterocycles. The largest absolute Gasteiger partial charge is 0.353 e. The summed E-state index contributed by atoms with van der Waals surface area (Å²) in [5.41, 5.74) is 1.20. The predicted octanol–water partition coefficient (Wildman–Crippen LogP) is 1.78. The zero-order valence-corrected chi connectivity index (χ0v) is 14.8. The predicted molar refractivity (Wildman–Crippen MR) is 95.6 cm³/mol. The van der Waals surface area contributed by atoms with E-state index >= 15 is 0 Å². The van der Waals surface area contributed by atoms with Crippen molar-refractivity contribution in [1.82, 2.24) is 25.2 Å². The molecule has 9 heteroatoms. The summed E-state index contributed by atoms with van der Waals surface area (Å²) >= 11 is 3.03. The van der Waals surface area contributed by atoms with Crippen LogP contribution in [0, 0.1) is 0 Å². The summed E-state index contributed by atoms with van der Waals surface area (Å²) in [7, 11) is 0. The fourth-order valence-electron chi connectivity index (χ4n) is 2.80. The van der Waals surface area contributed by atoms with Crippen LogP contribution in [0.3, 0.4) is 0 Å². The van der Waals surface area contributed by atoms with E-state index < -0.39 is 6.04 Å². The Labute approximate surface area is 151 Å². The third kappa shape index (κ3) is 3.20. The molecule has 0 aliphatic carbocycles. The Kier molecular flexibility index (Phi) is 4.33. The summed E-state index contributed by atoms with van der Waals surface area (Å²) in [4.78, 5) is 39.3. The number of hydrogen-bond acceptors (Lipinski definition) is 6. The van der Waals surface area contributed by atoms with Crippen molar-refractivity contribution in [1.29, 1.82) is 0 Å². The molecule has 2 N–H and O–H groups in total. The van der Waals surface area contributed by atoms with E-state index in [9.17, 15) is 9.59 Å². The molecule has 1 aliphatic heterocycles. The summed E-state index contributed by atoms with van der Waals surface area (Å²) in [6.45, 7) is 0.918. The molecule has 0 radical (unpaired) electrons. The van der Waals surface area contributed by atoms with Gasteiger partial charge in [-0.15, -0.1) is 22.7 Å². The van der Waals surface area contributed by atoms with Crippen molar-refractivity contribution < 1.29 is 9.59 Å². The van der Waals surface area contributed by atoms with E-state index in [4.69, 9.17) is 0 Å². The number of thiophene rings is 1. The van der Waals surface area contributed by atoms with Gasteiger partial charge in [-0.1, -0.05) is 6.07 Å². The molecule has 3 aromatic rings. The number of thiazole rings is 1. The summed E-state index contributed by atoms with van der Waals surface area (Å²) in [5.74, 6) is -0.360. The van der Waals surface area contributed by atoms with Crippen LogP contribution in [0.4, 0.5) is 0 Å². The Morgan fingerprint density at radius 3 is 3.08 bits per heavy atom. The first-order valence-corrected chi connectivity index (χ1v) is 9.53. The van der Waals surface area contributed by atoms with Gasteiger partial charge in [-0.3, -0.25) is 9.59 Å². The highest BCUT2D eigenvalue weighted by Gasteiger charge is 2.34. The van der Waals surface area contributed by atoms with Gasteiger partial charge in [0.1, 0.15) is 16.7 Å². The number of piperazine rings is 1. The molecule has 1 fully saturated rings. The zero-order chi connectivity index (χ0) is 17.2. The Bertz CT molecular complexity index is 872. The first kappa shape index (κ1) is 16.0. The molecular formula is C16H15N5O2S2. The van der Waals surface area contributed by atoms with Crippen molar-refractivity contribution in [3.05, 3.63) is 46.8 Å². The number of aromatic nitrogens is 3. The van der Waals surface area contributed by atoms with Crippen molar-refractivity contribution in [3.63, 3.8) is 0 Å². The van der Waals surface area contributed by atoms with E-state index in [1.807, 2.05) is 17.5 Å². The van der Waals surface area contributed by atoms with Crippen molar-refractivity contribution in [2.24, 2.45) is 0 Å². The second-order valence-electron chi connectivity index (χ2n) is 5.60. The standard InChI is InChI=1S/C16H15N5O2S2/c22-14-12(6-10-7-17-9-19-10)21(4-3-18-14)16(23)11-8-25-15(20-11)13-2-1-5-24-13/h1-2,5,7-9,12H,3-4,6H2,(H,17,19)(H,18,22). The second-order valence-corrected chi connectivity index (χ2v) is 7.41. The Hall–Kier alpha value is -2.52. The quantitative estimate of drug-likeness (QED) is 0.729. The van der Waals surface area contributed by atoms with Crippen LogP contribution in [0.5, 0.6) is 0 Å². The third-order valence-corrected chi connectivity index (χ3v) is 5.90. The van der Waals surface area contributed by atoms with Gasteiger partial charge in [0.05, 0.1) is 11.2 Å². The number of nitrogens with zero attached hydrogens (tertiary/aromatic N) is 3. The highest BCUT2D eigenvalue weighted by Crippen LogP contribution is 2.28. The Morgan fingerprint density at radius 2 is 2.32 bits per heavy atom. The fraction of sp³-hybridized carbons (Fsp3) is 0.250. The number of carbonyl (C=O) groups excluding carboxylic acids is 2. The van der Waals surface area contributed by atoms with E-state index in [1.54, 1.807) is 34.1 Å². The molecule has 0 aromatic carbocycles. The minimum Gasteiger partial charge on any atom is -0.353 e. The number of hydrogen-bond donors (Lipinski definition) is 2.